The summed E-state index contributed by atoms with van der Waals surface area (Å²) in [6, 6.07) is 1.92. The predicted octanol–water partition coefficient (Wildman–Crippen LogP) is 3.24. The number of hydrogen-bond acceptors (Lipinski definition) is 2. The van der Waals surface area contributed by atoms with Crippen molar-refractivity contribution in [2.75, 3.05) is 6.61 Å². The minimum atomic E-state index is 0.153. The fourth-order valence-electron chi connectivity index (χ4n) is 2.64. The van der Waals surface area contributed by atoms with Crippen molar-refractivity contribution >= 4 is 11.6 Å². The van der Waals surface area contributed by atoms with E-state index in [0.29, 0.717) is 17.9 Å². The zero-order chi connectivity index (χ0) is 12.3. The van der Waals surface area contributed by atoms with Gasteiger partial charge in [0.05, 0.1) is 5.02 Å². The zero-order valence-corrected chi connectivity index (χ0v) is 10.8. The molecule has 1 aliphatic carbocycles. The van der Waals surface area contributed by atoms with Gasteiger partial charge in [-0.2, -0.15) is 0 Å². The van der Waals surface area contributed by atoms with Gasteiger partial charge < -0.3 is 10.2 Å². The van der Waals surface area contributed by atoms with Crippen molar-refractivity contribution in [2.45, 2.75) is 44.9 Å². The van der Waals surface area contributed by atoms with Crippen molar-refractivity contribution in [3.05, 3.63) is 27.8 Å². The van der Waals surface area contributed by atoms with Crippen LogP contribution in [0.5, 0.6) is 5.75 Å². The van der Waals surface area contributed by atoms with Gasteiger partial charge in [0.15, 0.2) is 0 Å². The highest BCUT2D eigenvalue weighted by atomic mass is 35.5. The van der Waals surface area contributed by atoms with Crippen LogP contribution < -0.4 is 0 Å². The van der Waals surface area contributed by atoms with Crippen LogP contribution in [0.2, 0.25) is 5.02 Å². The highest BCUT2D eigenvalue weighted by Crippen LogP contribution is 2.36. The van der Waals surface area contributed by atoms with Gasteiger partial charge in [-0.1, -0.05) is 18.0 Å². The molecule has 1 aromatic rings. The van der Waals surface area contributed by atoms with Gasteiger partial charge in [0.2, 0.25) is 0 Å². The lowest BCUT2D eigenvalue weighted by Crippen LogP contribution is -2.01. The molecule has 2 N–H and O–H groups in total. The molecule has 0 fully saturated rings. The summed E-state index contributed by atoms with van der Waals surface area (Å²) in [5.41, 5.74) is 3.53. The number of halogens is 1. The maximum atomic E-state index is 10.1. The first kappa shape index (κ1) is 12.7. The summed E-state index contributed by atoms with van der Waals surface area (Å²) in [6.07, 6.45) is 7.11. The van der Waals surface area contributed by atoms with E-state index >= 15 is 0 Å². The number of rotatable bonds is 3. The molecule has 0 heterocycles. The summed E-state index contributed by atoms with van der Waals surface area (Å²) in [4.78, 5) is 0. The second-order valence-electron chi connectivity index (χ2n) is 4.71. The molecule has 0 aliphatic heterocycles. The molecule has 0 spiro atoms. The first-order valence-corrected chi connectivity index (χ1v) is 6.74. The Hall–Kier alpha value is -0.730. The van der Waals surface area contributed by atoms with Crippen LogP contribution in [0.15, 0.2) is 6.07 Å². The van der Waals surface area contributed by atoms with Crippen molar-refractivity contribution in [3.63, 3.8) is 0 Å². The molecule has 0 radical (unpaired) electrons. The standard InChI is InChI=1S/C14H19ClO2/c15-13-9-10-5-2-1-3-6-11(10)12(14(13)17)7-4-8-16/h9,16-17H,1-8H2. The van der Waals surface area contributed by atoms with Gasteiger partial charge in [0.1, 0.15) is 5.75 Å². The Morgan fingerprint density at radius 1 is 1.18 bits per heavy atom. The summed E-state index contributed by atoms with van der Waals surface area (Å²) in [6.45, 7) is 0.153. The van der Waals surface area contributed by atoms with E-state index in [9.17, 15) is 5.11 Å². The second-order valence-corrected chi connectivity index (χ2v) is 5.12. The summed E-state index contributed by atoms with van der Waals surface area (Å²) in [7, 11) is 0. The number of phenols is 1. The number of aliphatic hydroxyl groups excluding tert-OH is 1. The molecule has 1 aliphatic rings. The molecule has 0 saturated heterocycles. The van der Waals surface area contributed by atoms with E-state index in [2.05, 4.69) is 0 Å². The molecule has 2 rings (SSSR count). The van der Waals surface area contributed by atoms with Crippen LogP contribution in [0.25, 0.3) is 0 Å². The zero-order valence-electron chi connectivity index (χ0n) is 10.0. The van der Waals surface area contributed by atoms with Gasteiger partial charge in [-0.15, -0.1) is 0 Å². The Bertz CT molecular complexity index is 402. The van der Waals surface area contributed by atoms with E-state index in [-0.39, 0.29) is 12.4 Å². The van der Waals surface area contributed by atoms with Gasteiger partial charge in [0.25, 0.3) is 0 Å². The number of hydrogen-bond donors (Lipinski definition) is 2. The minimum absolute atomic E-state index is 0.153. The lowest BCUT2D eigenvalue weighted by atomic mass is 9.93. The number of phenolic OH excluding ortho intramolecular Hbond substituents is 1. The van der Waals surface area contributed by atoms with Gasteiger partial charge >= 0.3 is 0 Å². The Kier molecular flexibility index (Phi) is 4.30. The topological polar surface area (TPSA) is 40.5 Å². The van der Waals surface area contributed by atoms with Gasteiger partial charge in [0, 0.05) is 6.61 Å². The first-order chi connectivity index (χ1) is 8.24. The molecule has 0 bridgehead atoms. The van der Waals surface area contributed by atoms with Crippen molar-refractivity contribution < 1.29 is 10.2 Å². The average Bonchev–Trinajstić information content (AvgIpc) is 2.55. The molecule has 94 valence electrons. The minimum Gasteiger partial charge on any atom is -0.506 e. The second kappa shape index (κ2) is 5.74. The quantitative estimate of drug-likeness (QED) is 0.813. The molecule has 17 heavy (non-hydrogen) atoms. The highest BCUT2D eigenvalue weighted by Gasteiger charge is 2.17. The lowest BCUT2D eigenvalue weighted by molar-refractivity contribution is 0.288. The van der Waals surface area contributed by atoms with Crippen LogP contribution in [0, 0.1) is 0 Å². The molecule has 0 atom stereocenters. The molecule has 1 aromatic carbocycles. The van der Waals surface area contributed by atoms with E-state index in [4.69, 9.17) is 16.7 Å². The number of benzene rings is 1. The van der Waals surface area contributed by atoms with Crippen LogP contribution in [0.1, 0.15) is 42.4 Å². The van der Waals surface area contributed by atoms with E-state index in [1.165, 1.54) is 30.4 Å². The van der Waals surface area contributed by atoms with Crippen molar-refractivity contribution in [1.82, 2.24) is 0 Å². The highest BCUT2D eigenvalue weighted by molar-refractivity contribution is 6.32. The normalized spacial score (nSPS) is 15.4. The summed E-state index contributed by atoms with van der Waals surface area (Å²) in [5.74, 6) is 0.223. The van der Waals surface area contributed by atoms with Crippen LogP contribution in [0.3, 0.4) is 0 Å². The fraction of sp³-hybridized carbons (Fsp3) is 0.571. The molecular formula is C14H19ClO2. The Balaban J connectivity index is 2.42. The third-order valence-corrected chi connectivity index (χ3v) is 3.81. The lowest BCUT2D eigenvalue weighted by Gasteiger charge is -2.15. The maximum Gasteiger partial charge on any atom is 0.137 e. The molecule has 0 aromatic heterocycles. The van der Waals surface area contributed by atoms with E-state index < -0.39 is 0 Å². The van der Waals surface area contributed by atoms with Crippen LogP contribution >= 0.6 is 11.6 Å². The Labute approximate surface area is 107 Å². The molecule has 0 unspecified atom stereocenters. The molecule has 3 heteroatoms. The molecule has 0 amide bonds. The van der Waals surface area contributed by atoms with Crippen molar-refractivity contribution in [1.29, 1.82) is 0 Å². The summed E-state index contributed by atoms with van der Waals surface area (Å²) >= 11 is 6.07. The van der Waals surface area contributed by atoms with Crippen LogP contribution in [-0.2, 0) is 19.3 Å². The third kappa shape index (κ3) is 2.75. The third-order valence-electron chi connectivity index (χ3n) is 3.52. The van der Waals surface area contributed by atoms with Gasteiger partial charge in [-0.25, -0.2) is 0 Å². The maximum absolute atomic E-state index is 10.1. The monoisotopic (exact) mass is 254 g/mol. The number of aromatic hydroxyl groups is 1. The van der Waals surface area contributed by atoms with Crippen molar-refractivity contribution in [2.24, 2.45) is 0 Å². The molecule has 2 nitrogen and oxygen atoms in total. The number of aryl methyl sites for hydroxylation is 1. The SMILES string of the molecule is OCCCc1c(O)c(Cl)cc2c1CCCCC2. The van der Waals surface area contributed by atoms with E-state index in [0.717, 1.165) is 18.4 Å². The summed E-state index contributed by atoms with van der Waals surface area (Å²) < 4.78 is 0. The van der Waals surface area contributed by atoms with Crippen molar-refractivity contribution in [3.8, 4) is 5.75 Å². The van der Waals surface area contributed by atoms with E-state index in [1.54, 1.807) is 0 Å². The predicted molar refractivity (Wildman–Crippen MR) is 69.8 cm³/mol. The number of aliphatic hydroxyl groups is 1. The largest absolute Gasteiger partial charge is 0.506 e. The van der Waals surface area contributed by atoms with E-state index in [1.807, 2.05) is 6.07 Å². The van der Waals surface area contributed by atoms with Crippen LogP contribution in [-0.4, -0.2) is 16.8 Å². The summed E-state index contributed by atoms with van der Waals surface area (Å²) in [5, 5.41) is 19.4. The number of fused-ring (bicyclic) bond motifs is 1. The fourth-order valence-corrected chi connectivity index (χ4v) is 2.89. The average molecular weight is 255 g/mol. The Morgan fingerprint density at radius 2 is 1.94 bits per heavy atom. The van der Waals surface area contributed by atoms with Gasteiger partial charge in [-0.05, 0) is 61.3 Å². The first-order valence-electron chi connectivity index (χ1n) is 6.37. The smallest absolute Gasteiger partial charge is 0.137 e. The molecular weight excluding hydrogens is 236 g/mol. The Morgan fingerprint density at radius 3 is 2.71 bits per heavy atom. The van der Waals surface area contributed by atoms with Crippen LogP contribution in [0.4, 0.5) is 0 Å². The van der Waals surface area contributed by atoms with Gasteiger partial charge in [-0.3, -0.25) is 0 Å². The molecule has 0 saturated carbocycles.